The van der Waals surface area contributed by atoms with Crippen LogP contribution in [0.15, 0.2) is 36.4 Å². The van der Waals surface area contributed by atoms with Gasteiger partial charge in [0.1, 0.15) is 11.5 Å². The Morgan fingerprint density at radius 1 is 0.875 bits per heavy atom. The second kappa shape index (κ2) is 6.01. The van der Waals surface area contributed by atoms with Gasteiger partial charge < -0.3 is 9.47 Å². The number of hydrogen-bond acceptors (Lipinski definition) is 2. The van der Waals surface area contributed by atoms with Gasteiger partial charge in [-0.15, -0.1) is 0 Å². The SMILES string of the molecule is C/C=C(/OC)c1ccccc1/C(=C\C)OC. The maximum atomic E-state index is 5.34. The van der Waals surface area contributed by atoms with Crippen LogP contribution in [0.3, 0.4) is 0 Å². The van der Waals surface area contributed by atoms with E-state index in [0.717, 1.165) is 22.6 Å². The maximum absolute atomic E-state index is 5.34. The maximum Gasteiger partial charge on any atom is 0.122 e. The van der Waals surface area contributed by atoms with Gasteiger partial charge in [-0.3, -0.25) is 0 Å². The molecule has 1 aromatic rings. The van der Waals surface area contributed by atoms with Crippen molar-refractivity contribution in [3.05, 3.63) is 47.5 Å². The standard InChI is InChI=1S/C14H18O2/c1-5-13(15-3)11-9-7-8-10-12(11)14(6-2)16-4/h5-10H,1-4H3/b13-5+,14-6+. The Bertz CT molecular complexity index is 364. The first-order valence-electron chi connectivity index (χ1n) is 5.28. The Hall–Kier alpha value is -1.70. The van der Waals surface area contributed by atoms with Crippen molar-refractivity contribution in [3.8, 4) is 0 Å². The van der Waals surface area contributed by atoms with E-state index in [2.05, 4.69) is 0 Å². The summed E-state index contributed by atoms with van der Waals surface area (Å²) in [7, 11) is 3.35. The van der Waals surface area contributed by atoms with Crippen molar-refractivity contribution in [2.75, 3.05) is 14.2 Å². The van der Waals surface area contributed by atoms with E-state index in [-0.39, 0.29) is 0 Å². The first kappa shape index (κ1) is 12.4. The minimum atomic E-state index is 0.854. The molecule has 0 N–H and O–H groups in total. The van der Waals surface area contributed by atoms with Crippen molar-refractivity contribution in [1.82, 2.24) is 0 Å². The molecule has 16 heavy (non-hydrogen) atoms. The third-order valence-electron chi connectivity index (χ3n) is 2.42. The molecule has 0 aromatic heterocycles. The molecule has 0 saturated carbocycles. The lowest BCUT2D eigenvalue weighted by Gasteiger charge is -2.13. The lowest BCUT2D eigenvalue weighted by molar-refractivity contribution is 0.362. The molecule has 0 unspecified atom stereocenters. The average molecular weight is 218 g/mol. The summed E-state index contributed by atoms with van der Waals surface area (Å²) in [5.41, 5.74) is 2.09. The summed E-state index contributed by atoms with van der Waals surface area (Å²) in [5, 5.41) is 0. The van der Waals surface area contributed by atoms with Crippen LogP contribution in [0.2, 0.25) is 0 Å². The molecule has 0 heterocycles. The summed E-state index contributed by atoms with van der Waals surface area (Å²) in [6, 6.07) is 8.03. The summed E-state index contributed by atoms with van der Waals surface area (Å²) in [6.45, 7) is 3.91. The number of rotatable bonds is 4. The van der Waals surface area contributed by atoms with E-state index in [1.807, 2.05) is 50.3 Å². The number of methoxy groups -OCH3 is 2. The van der Waals surface area contributed by atoms with Gasteiger partial charge in [0.25, 0.3) is 0 Å². The van der Waals surface area contributed by atoms with Crippen LogP contribution < -0.4 is 0 Å². The van der Waals surface area contributed by atoms with Crippen LogP contribution in [0, 0.1) is 0 Å². The summed E-state index contributed by atoms with van der Waals surface area (Å²) in [6.07, 6.45) is 3.89. The quantitative estimate of drug-likeness (QED) is 0.717. The fourth-order valence-corrected chi connectivity index (χ4v) is 1.68. The summed E-state index contributed by atoms with van der Waals surface area (Å²) < 4.78 is 10.7. The highest BCUT2D eigenvalue weighted by molar-refractivity contribution is 5.74. The second-order valence-electron chi connectivity index (χ2n) is 3.26. The normalized spacial score (nSPS) is 12.5. The number of benzene rings is 1. The molecule has 0 radical (unpaired) electrons. The van der Waals surface area contributed by atoms with E-state index in [4.69, 9.17) is 9.47 Å². The highest BCUT2D eigenvalue weighted by Gasteiger charge is 2.10. The third-order valence-corrected chi connectivity index (χ3v) is 2.42. The Balaban J connectivity index is 3.30. The molecule has 0 aliphatic carbocycles. The molecule has 0 aliphatic rings. The zero-order valence-electron chi connectivity index (χ0n) is 10.3. The van der Waals surface area contributed by atoms with Crippen molar-refractivity contribution in [1.29, 1.82) is 0 Å². The van der Waals surface area contributed by atoms with E-state index >= 15 is 0 Å². The largest absolute Gasteiger partial charge is 0.496 e. The molecule has 0 atom stereocenters. The highest BCUT2D eigenvalue weighted by atomic mass is 16.5. The predicted octanol–water partition coefficient (Wildman–Crippen LogP) is 3.70. The Labute approximate surface area is 97.2 Å². The summed E-state index contributed by atoms with van der Waals surface area (Å²) in [5.74, 6) is 1.71. The topological polar surface area (TPSA) is 18.5 Å². The van der Waals surface area contributed by atoms with Gasteiger partial charge in [-0.1, -0.05) is 24.3 Å². The minimum absolute atomic E-state index is 0.854. The van der Waals surface area contributed by atoms with Crippen LogP contribution in [0.1, 0.15) is 25.0 Å². The highest BCUT2D eigenvalue weighted by Crippen LogP contribution is 2.26. The fourth-order valence-electron chi connectivity index (χ4n) is 1.68. The molecule has 86 valence electrons. The summed E-state index contributed by atoms with van der Waals surface area (Å²) >= 11 is 0. The molecule has 0 saturated heterocycles. The van der Waals surface area contributed by atoms with Gasteiger partial charge in [0.2, 0.25) is 0 Å². The van der Waals surface area contributed by atoms with Crippen molar-refractivity contribution in [2.45, 2.75) is 13.8 Å². The van der Waals surface area contributed by atoms with Gasteiger partial charge in [-0.2, -0.15) is 0 Å². The molecule has 0 amide bonds. The van der Waals surface area contributed by atoms with Crippen molar-refractivity contribution in [2.24, 2.45) is 0 Å². The van der Waals surface area contributed by atoms with Crippen LogP contribution in [0.5, 0.6) is 0 Å². The fraction of sp³-hybridized carbons (Fsp3) is 0.286. The van der Waals surface area contributed by atoms with Crippen LogP contribution in [0.25, 0.3) is 11.5 Å². The van der Waals surface area contributed by atoms with Crippen molar-refractivity contribution >= 4 is 11.5 Å². The van der Waals surface area contributed by atoms with E-state index in [0.29, 0.717) is 0 Å². The van der Waals surface area contributed by atoms with E-state index in [9.17, 15) is 0 Å². The molecular weight excluding hydrogens is 200 g/mol. The van der Waals surface area contributed by atoms with Crippen LogP contribution in [-0.4, -0.2) is 14.2 Å². The zero-order valence-corrected chi connectivity index (χ0v) is 10.3. The van der Waals surface area contributed by atoms with Gasteiger partial charge >= 0.3 is 0 Å². The van der Waals surface area contributed by atoms with E-state index < -0.39 is 0 Å². The zero-order chi connectivity index (χ0) is 12.0. The van der Waals surface area contributed by atoms with Gasteiger partial charge in [-0.25, -0.2) is 0 Å². The van der Waals surface area contributed by atoms with Gasteiger partial charge in [0, 0.05) is 11.1 Å². The Morgan fingerprint density at radius 2 is 1.25 bits per heavy atom. The van der Waals surface area contributed by atoms with Crippen LogP contribution in [0.4, 0.5) is 0 Å². The Morgan fingerprint density at radius 3 is 1.50 bits per heavy atom. The molecule has 1 aromatic carbocycles. The lowest BCUT2D eigenvalue weighted by Crippen LogP contribution is -1.96. The van der Waals surface area contributed by atoms with Crippen LogP contribution in [-0.2, 0) is 9.47 Å². The molecule has 0 fully saturated rings. The second-order valence-corrected chi connectivity index (χ2v) is 3.26. The molecule has 0 spiro atoms. The monoisotopic (exact) mass is 218 g/mol. The minimum Gasteiger partial charge on any atom is -0.496 e. The predicted molar refractivity (Wildman–Crippen MR) is 67.8 cm³/mol. The molecule has 2 heteroatoms. The first-order valence-corrected chi connectivity index (χ1v) is 5.28. The van der Waals surface area contributed by atoms with E-state index in [1.54, 1.807) is 14.2 Å². The van der Waals surface area contributed by atoms with Gasteiger partial charge in [0.05, 0.1) is 14.2 Å². The average Bonchev–Trinajstić information content (AvgIpc) is 2.34. The van der Waals surface area contributed by atoms with Crippen molar-refractivity contribution in [3.63, 3.8) is 0 Å². The van der Waals surface area contributed by atoms with Gasteiger partial charge in [-0.05, 0) is 26.0 Å². The molecule has 0 aliphatic heterocycles. The van der Waals surface area contributed by atoms with E-state index in [1.165, 1.54) is 0 Å². The van der Waals surface area contributed by atoms with Crippen LogP contribution >= 0.6 is 0 Å². The number of allylic oxidation sites excluding steroid dienone is 2. The van der Waals surface area contributed by atoms with Gasteiger partial charge in [0.15, 0.2) is 0 Å². The number of ether oxygens (including phenoxy) is 2. The number of hydrogen-bond donors (Lipinski definition) is 0. The van der Waals surface area contributed by atoms with Crippen molar-refractivity contribution < 1.29 is 9.47 Å². The molecular formula is C14H18O2. The third kappa shape index (κ3) is 2.45. The lowest BCUT2D eigenvalue weighted by atomic mass is 10.0. The molecule has 1 rings (SSSR count). The smallest absolute Gasteiger partial charge is 0.122 e. The first-order chi connectivity index (χ1) is 7.78. The molecule has 0 bridgehead atoms. The molecule has 2 nitrogen and oxygen atoms in total. The Kier molecular flexibility index (Phi) is 4.65. The summed E-state index contributed by atoms with van der Waals surface area (Å²) in [4.78, 5) is 0.